The third-order valence-corrected chi connectivity index (χ3v) is 5.19. The Morgan fingerprint density at radius 2 is 2.05 bits per heavy atom. The largest absolute Gasteiger partial charge is 0.335 e. The molecule has 104 valence electrons. The van der Waals surface area contributed by atoms with Crippen LogP contribution in [0.25, 0.3) is 0 Å². The van der Waals surface area contributed by atoms with Gasteiger partial charge in [-0.25, -0.2) is 0 Å². The SMILES string of the molecule is CC1CC(C)C(C)N(C(=O)c2cc(Cl)ccc2I)C1. The van der Waals surface area contributed by atoms with Crippen molar-refractivity contribution in [2.45, 2.75) is 33.2 Å². The Kier molecular flexibility index (Phi) is 4.77. The molecule has 0 aromatic heterocycles. The minimum Gasteiger partial charge on any atom is -0.335 e. The number of hydrogen-bond acceptors (Lipinski definition) is 1. The van der Waals surface area contributed by atoms with Crippen LogP contribution in [0.2, 0.25) is 5.02 Å². The van der Waals surface area contributed by atoms with Gasteiger partial charge in [0.15, 0.2) is 0 Å². The number of amides is 1. The fourth-order valence-corrected chi connectivity index (χ4v) is 3.54. The summed E-state index contributed by atoms with van der Waals surface area (Å²) in [6.45, 7) is 7.42. The fraction of sp³-hybridized carbons (Fsp3) is 0.533. The molecule has 1 fully saturated rings. The molecule has 0 spiro atoms. The number of rotatable bonds is 1. The van der Waals surface area contributed by atoms with E-state index < -0.39 is 0 Å². The zero-order valence-electron chi connectivity index (χ0n) is 11.5. The summed E-state index contributed by atoms with van der Waals surface area (Å²) in [7, 11) is 0. The third kappa shape index (κ3) is 3.24. The zero-order chi connectivity index (χ0) is 14.2. The topological polar surface area (TPSA) is 20.3 Å². The summed E-state index contributed by atoms with van der Waals surface area (Å²) in [5.74, 6) is 1.22. The van der Waals surface area contributed by atoms with E-state index in [1.54, 1.807) is 6.07 Å². The molecule has 3 unspecified atom stereocenters. The summed E-state index contributed by atoms with van der Waals surface area (Å²) in [6, 6.07) is 5.80. The van der Waals surface area contributed by atoms with Gasteiger partial charge < -0.3 is 4.90 Å². The highest BCUT2D eigenvalue weighted by atomic mass is 127. The molecular formula is C15H19ClINO. The Labute approximate surface area is 133 Å². The number of piperidine rings is 1. The van der Waals surface area contributed by atoms with Crippen LogP contribution in [0.5, 0.6) is 0 Å². The molecule has 0 saturated carbocycles. The Balaban J connectivity index is 2.30. The molecule has 0 radical (unpaired) electrons. The van der Waals surface area contributed by atoms with E-state index in [9.17, 15) is 4.79 Å². The molecular weight excluding hydrogens is 373 g/mol. The van der Waals surface area contributed by atoms with Crippen molar-refractivity contribution in [3.05, 3.63) is 32.4 Å². The van der Waals surface area contributed by atoms with Crippen LogP contribution in [0.4, 0.5) is 0 Å². The Hall–Kier alpha value is -0.290. The first-order chi connectivity index (χ1) is 8.90. The van der Waals surface area contributed by atoms with Gasteiger partial charge in [0.2, 0.25) is 0 Å². The quantitative estimate of drug-likeness (QED) is 0.648. The first-order valence-electron chi connectivity index (χ1n) is 6.66. The highest BCUT2D eigenvalue weighted by molar-refractivity contribution is 14.1. The maximum atomic E-state index is 12.7. The monoisotopic (exact) mass is 391 g/mol. The smallest absolute Gasteiger partial charge is 0.255 e. The van der Waals surface area contributed by atoms with Crippen LogP contribution in [0.15, 0.2) is 18.2 Å². The predicted octanol–water partition coefficient (Wildman–Crippen LogP) is 4.45. The van der Waals surface area contributed by atoms with E-state index in [4.69, 9.17) is 11.6 Å². The van der Waals surface area contributed by atoms with Crippen LogP contribution < -0.4 is 0 Å². The van der Waals surface area contributed by atoms with E-state index in [0.29, 0.717) is 22.9 Å². The van der Waals surface area contributed by atoms with Gasteiger partial charge in [0.1, 0.15) is 0 Å². The molecule has 4 heteroatoms. The predicted molar refractivity (Wildman–Crippen MR) is 87.6 cm³/mol. The van der Waals surface area contributed by atoms with Crippen molar-refractivity contribution in [1.29, 1.82) is 0 Å². The van der Waals surface area contributed by atoms with Crippen LogP contribution in [-0.2, 0) is 0 Å². The van der Waals surface area contributed by atoms with Gasteiger partial charge in [-0.05, 0) is 66.0 Å². The van der Waals surface area contributed by atoms with Crippen LogP contribution in [-0.4, -0.2) is 23.4 Å². The van der Waals surface area contributed by atoms with Crippen LogP contribution >= 0.6 is 34.2 Å². The Bertz CT molecular complexity index is 491. The number of halogens is 2. The second-order valence-corrected chi connectivity index (χ2v) is 7.24. The van der Waals surface area contributed by atoms with E-state index in [-0.39, 0.29) is 5.91 Å². The van der Waals surface area contributed by atoms with Gasteiger partial charge in [0.25, 0.3) is 5.91 Å². The lowest BCUT2D eigenvalue weighted by atomic mass is 9.85. The minimum atomic E-state index is 0.109. The number of hydrogen-bond donors (Lipinski definition) is 0. The molecule has 1 amide bonds. The molecule has 1 aromatic carbocycles. The average molecular weight is 392 g/mol. The molecule has 2 nitrogen and oxygen atoms in total. The summed E-state index contributed by atoms with van der Waals surface area (Å²) in [5.41, 5.74) is 0.723. The van der Waals surface area contributed by atoms with Crippen molar-refractivity contribution in [3.8, 4) is 0 Å². The zero-order valence-corrected chi connectivity index (χ0v) is 14.4. The van der Waals surface area contributed by atoms with Gasteiger partial charge in [-0.1, -0.05) is 25.4 Å². The molecule has 1 aliphatic rings. The lowest BCUT2D eigenvalue weighted by molar-refractivity contribution is 0.0454. The molecule has 2 rings (SSSR count). The van der Waals surface area contributed by atoms with Gasteiger partial charge in [0.05, 0.1) is 5.56 Å². The molecule has 0 bridgehead atoms. The van der Waals surface area contributed by atoms with Gasteiger partial charge in [-0.2, -0.15) is 0 Å². The average Bonchev–Trinajstić information content (AvgIpc) is 2.36. The highest BCUT2D eigenvalue weighted by Gasteiger charge is 2.32. The van der Waals surface area contributed by atoms with E-state index >= 15 is 0 Å². The first-order valence-corrected chi connectivity index (χ1v) is 8.11. The van der Waals surface area contributed by atoms with E-state index in [1.807, 2.05) is 17.0 Å². The number of benzene rings is 1. The molecule has 1 aromatic rings. The molecule has 19 heavy (non-hydrogen) atoms. The normalized spacial score (nSPS) is 27.4. The summed E-state index contributed by atoms with van der Waals surface area (Å²) in [4.78, 5) is 14.7. The maximum absolute atomic E-state index is 12.7. The van der Waals surface area contributed by atoms with Gasteiger partial charge in [-0.15, -0.1) is 0 Å². The first kappa shape index (κ1) is 15.1. The second kappa shape index (κ2) is 6.00. The number of nitrogens with zero attached hydrogens (tertiary/aromatic N) is 1. The molecule has 1 heterocycles. The van der Waals surface area contributed by atoms with Gasteiger partial charge in [0, 0.05) is 21.2 Å². The molecule has 1 saturated heterocycles. The molecule has 1 aliphatic heterocycles. The van der Waals surface area contributed by atoms with E-state index in [2.05, 4.69) is 43.4 Å². The summed E-state index contributed by atoms with van der Waals surface area (Å²) in [6.07, 6.45) is 1.19. The van der Waals surface area contributed by atoms with Gasteiger partial charge >= 0.3 is 0 Å². The van der Waals surface area contributed by atoms with Crippen LogP contribution in [0.3, 0.4) is 0 Å². The summed E-state index contributed by atoms with van der Waals surface area (Å²) in [5, 5.41) is 0.620. The third-order valence-electron chi connectivity index (χ3n) is 4.02. The van der Waals surface area contributed by atoms with Crippen LogP contribution in [0.1, 0.15) is 37.6 Å². The Morgan fingerprint density at radius 1 is 1.37 bits per heavy atom. The molecule has 0 aliphatic carbocycles. The van der Waals surface area contributed by atoms with Crippen molar-refractivity contribution in [3.63, 3.8) is 0 Å². The second-order valence-electron chi connectivity index (χ2n) is 5.64. The fourth-order valence-electron chi connectivity index (χ4n) is 2.80. The Morgan fingerprint density at radius 3 is 2.74 bits per heavy atom. The summed E-state index contributed by atoms with van der Waals surface area (Å²) < 4.78 is 0.963. The van der Waals surface area contributed by atoms with Crippen molar-refractivity contribution >= 4 is 40.1 Å². The molecule has 3 atom stereocenters. The standard InChI is InChI=1S/C15H19ClINO/c1-9-6-10(2)11(3)18(8-9)15(19)13-7-12(16)4-5-14(13)17/h4-5,7,9-11H,6,8H2,1-3H3. The van der Waals surface area contributed by atoms with Crippen LogP contribution in [0, 0.1) is 15.4 Å². The summed E-state index contributed by atoms with van der Waals surface area (Å²) >= 11 is 8.22. The van der Waals surface area contributed by atoms with Crippen molar-refractivity contribution in [2.24, 2.45) is 11.8 Å². The lowest BCUT2D eigenvalue weighted by Gasteiger charge is -2.41. The van der Waals surface area contributed by atoms with Gasteiger partial charge in [-0.3, -0.25) is 4.79 Å². The minimum absolute atomic E-state index is 0.109. The van der Waals surface area contributed by atoms with E-state index in [1.165, 1.54) is 6.42 Å². The van der Waals surface area contributed by atoms with Crippen molar-refractivity contribution < 1.29 is 4.79 Å². The number of carbonyl (C=O) groups excluding carboxylic acids is 1. The molecule has 0 N–H and O–H groups in total. The highest BCUT2D eigenvalue weighted by Crippen LogP contribution is 2.29. The number of carbonyl (C=O) groups is 1. The lowest BCUT2D eigenvalue weighted by Crippen LogP contribution is -2.49. The van der Waals surface area contributed by atoms with Crippen molar-refractivity contribution in [1.82, 2.24) is 4.90 Å². The maximum Gasteiger partial charge on any atom is 0.255 e. The van der Waals surface area contributed by atoms with Crippen molar-refractivity contribution in [2.75, 3.05) is 6.54 Å². The van der Waals surface area contributed by atoms with E-state index in [0.717, 1.165) is 15.7 Å². The number of likely N-dealkylation sites (tertiary alicyclic amines) is 1.